The number of benzene rings is 1. The summed E-state index contributed by atoms with van der Waals surface area (Å²) >= 11 is 7.06. The van der Waals surface area contributed by atoms with Crippen LogP contribution in [0.25, 0.3) is 6.08 Å². The molecule has 128 valence electrons. The smallest absolute Gasteiger partial charge is 0.265 e. The van der Waals surface area contributed by atoms with Gasteiger partial charge < -0.3 is 9.47 Å². The molecule has 0 spiro atoms. The van der Waals surface area contributed by atoms with Gasteiger partial charge >= 0.3 is 0 Å². The standard InChI is InChI=1S/C16H17IN2O4S/c1-8(2)23-13-11(17)6-9(7-12(13)22-4)5-10-14(20)18-16(24)19(3)15(10)21/h5-8H,1-4H3,(H,18,20,24)/b10-5+. The number of carbonyl (C=O) groups is 2. The van der Waals surface area contributed by atoms with Gasteiger partial charge in [-0.2, -0.15) is 0 Å². The zero-order valence-corrected chi connectivity index (χ0v) is 16.6. The van der Waals surface area contributed by atoms with E-state index in [1.54, 1.807) is 13.2 Å². The Hall–Kier alpha value is -1.68. The van der Waals surface area contributed by atoms with Crippen molar-refractivity contribution in [3.05, 3.63) is 26.8 Å². The Kier molecular flexibility index (Phi) is 5.81. The maximum Gasteiger partial charge on any atom is 0.265 e. The molecule has 1 aromatic rings. The molecule has 2 rings (SSSR count). The molecule has 0 aromatic heterocycles. The zero-order chi connectivity index (χ0) is 18.0. The number of rotatable bonds is 4. The fourth-order valence-electron chi connectivity index (χ4n) is 2.09. The first-order chi connectivity index (χ1) is 11.2. The van der Waals surface area contributed by atoms with Crippen LogP contribution >= 0.6 is 34.8 Å². The molecule has 0 aliphatic carbocycles. The van der Waals surface area contributed by atoms with E-state index in [1.165, 1.54) is 18.0 Å². The number of hydrogen-bond acceptors (Lipinski definition) is 5. The summed E-state index contributed by atoms with van der Waals surface area (Å²) in [6.45, 7) is 3.85. The van der Waals surface area contributed by atoms with Crippen LogP contribution in [0.4, 0.5) is 0 Å². The summed E-state index contributed by atoms with van der Waals surface area (Å²) in [4.78, 5) is 25.5. The van der Waals surface area contributed by atoms with Gasteiger partial charge in [-0.1, -0.05) is 0 Å². The molecule has 0 bridgehead atoms. The Morgan fingerprint density at radius 3 is 2.58 bits per heavy atom. The lowest BCUT2D eigenvalue weighted by Crippen LogP contribution is -2.52. The predicted octanol–water partition coefficient (Wildman–Crippen LogP) is 2.34. The van der Waals surface area contributed by atoms with E-state index in [1.807, 2.05) is 19.9 Å². The van der Waals surface area contributed by atoms with Crippen LogP contribution in [0.15, 0.2) is 17.7 Å². The van der Waals surface area contributed by atoms with Crippen LogP contribution in [0.1, 0.15) is 19.4 Å². The molecule has 2 amide bonds. The number of nitrogens with zero attached hydrogens (tertiary/aromatic N) is 1. The molecular formula is C16H17IN2O4S. The third kappa shape index (κ3) is 3.86. The number of hydrogen-bond donors (Lipinski definition) is 1. The van der Waals surface area contributed by atoms with Gasteiger partial charge in [0.25, 0.3) is 11.8 Å². The minimum absolute atomic E-state index is 0.00279. The second kappa shape index (κ2) is 7.47. The Bertz CT molecular complexity index is 746. The quantitative estimate of drug-likeness (QED) is 0.324. The van der Waals surface area contributed by atoms with Crippen molar-refractivity contribution in [2.45, 2.75) is 20.0 Å². The van der Waals surface area contributed by atoms with Crippen LogP contribution in [0.5, 0.6) is 11.5 Å². The molecule has 1 saturated heterocycles. The molecule has 1 aliphatic heterocycles. The molecule has 6 nitrogen and oxygen atoms in total. The highest BCUT2D eigenvalue weighted by Crippen LogP contribution is 2.35. The number of carbonyl (C=O) groups excluding carboxylic acids is 2. The molecule has 0 saturated carbocycles. The van der Waals surface area contributed by atoms with Gasteiger partial charge in [0.15, 0.2) is 16.6 Å². The van der Waals surface area contributed by atoms with Gasteiger partial charge in [0.2, 0.25) is 0 Å². The molecule has 1 heterocycles. The number of halogens is 1. The third-order valence-corrected chi connectivity index (χ3v) is 4.40. The summed E-state index contributed by atoms with van der Waals surface area (Å²) in [5, 5.41) is 2.57. The predicted molar refractivity (Wildman–Crippen MR) is 103 cm³/mol. The van der Waals surface area contributed by atoms with Gasteiger partial charge in [0.1, 0.15) is 5.57 Å². The maximum atomic E-state index is 12.3. The van der Waals surface area contributed by atoms with E-state index >= 15 is 0 Å². The monoisotopic (exact) mass is 460 g/mol. The van der Waals surface area contributed by atoms with Crippen LogP contribution < -0.4 is 14.8 Å². The van der Waals surface area contributed by atoms with E-state index in [0.29, 0.717) is 17.1 Å². The highest BCUT2D eigenvalue weighted by atomic mass is 127. The second-order valence-corrected chi connectivity index (χ2v) is 6.93. The first-order valence-corrected chi connectivity index (χ1v) is 8.62. The Balaban J connectivity index is 2.46. The van der Waals surface area contributed by atoms with Gasteiger partial charge in [-0.3, -0.25) is 19.8 Å². The average molecular weight is 460 g/mol. The lowest BCUT2D eigenvalue weighted by atomic mass is 10.1. The van der Waals surface area contributed by atoms with Gasteiger partial charge in [0, 0.05) is 7.05 Å². The summed E-state index contributed by atoms with van der Waals surface area (Å²) in [6.07, 6.45) is 1.51. The first kappa shape index (κ1) is 18.7. The van der Waals surface area contributed by atoms with Gasteiger partial charge in [0.05, 0.1) is 16.8 Å². The zero-order valence-electron chi connectivity index (χ0n) is 13.7. The highest BCUT2D eigenvalue weighted by molar-refractivity contribution is 14.1. The minimum atomic E-state index is -0.514. The lowest BCUT2D eigenvalue weighted by molar-refractivity contribution is -0.128. The highest BCUT2D eigenvalue weighted by Gasteiger charge is 2.30. The number of thiocarbonyl (C=S) groups is 1. The minimum Gasteiger partial charge on any atom is -0.493 e. The van der Waals surface area contributed by atoms with E-state index in [4.69, 9.17) is 21.7 Å². The van der Waals surface area contributed by atoms with Crippen molar-refractivity contribution in [2.75, 3.05) is 14.2 Å². The molecule has 8 heteroatoms. The molecular weight excluding hydrogens is 443 g/mol. The van der Waals surface area contributed by atoms with Crippen LogP contribution in [0.2, 0.25) is 0 Å². The van der Waals surface area contributed by atoms with Crippen LogP contribution in [-0.2, 0) is 9.59 Å². The van der Waals surface area contributed by atoms with Gasteiger partial charge in [-0.05, 0) is 72.4 Å². The van der Waals surface area contributed by atoms with E-state index < -0.39 is 11.8 Å². The topological polar surface area (TPSA) is 67.9 Å². The largest absolute Gasteiger partial charge is 0.493 e. The Morgan fingerprint density at radius 2 is 2.00 bits per heavy atom. The Morgan fingerprint density at radius 1 is 1.33 bits per heavy atom. The summed E-state index contributed by atoms with van der Waals surface area (Å²) in [6, 6.07) is 3.54. The fraction of sp³-hybridized carbons (Fsp3) is 0.312. The van der Waals surface area contributed by atoms with Crippen molar-refractivity contribution < 1.29 is 19.1 Å². The van der Waals surface area contributed by atoms with Crippen molar-refractivity contribution in [2.24, 2.45) is 0 Å². The molecule has 0 unspecified atom stereocenters. The number of methoxy groups -OCH3 is 1. The van der Waals surface area contributed by atoms with Gasteiger partial charge in [-0.15, -0.1) is 0 Å². The van der Waals surface area contributed by atoms with E-state index in [0.717, 1.165) is 3.57 Å². The van der Waals surface area contributed by atoms with E-state index in [-0.39, 0.29) is 16.8 Å². The normalized spacial score (nSPS) is 16.7. The molecule has 0 radical (unpaired) electrons. The number of nitrogens with one attached hydrogen (secondary N) is 1. The molecule has 24 heavy (non-hydrogen) atoms. The molecule has 1 N–H and O–H groups in total. The first-order valence-electron chi connectivity index (χ1n) is 7.13. The van der Waals surface area contributed by atoms with E-state index in [9.17, 15) is 9.59 Å². The average Bonchev–Trinajstić information content (AvgIpc) is 2.51. The van der Waals surface area contributed by atoms with Crippen LogP contribution in [0.3, 0.4) is 0 Å². The number of ether oxygens (including phenoxy) is 2. The molecule has 1 aliphatic rings. The van der Waals surface area contributed by atoms with Gasteiger partial charge in [-0.25, -0.2) is 0 Å². The number of likely N-dealkylation sites (N-methyl/N-ethyl adjacent to an activating group) is 1. The third-order valence-electron chi connectivity index (χ3n) is 3.22. The lowest BCUT2D eigenvalue weighted by Gasteiger charge is -2.25. The summed E-state index contributed by atoms with van der Waals surface area (Å²) in [5.74, 6) is 0.211. The fourth-order valence-corrected chi connectivity index (χ4v) is 3.01. The number of amides is 2. The van der Waals surface area contributed by atoms with Crippen molar-refractivity contribution >= 4 is 57.8 Å². The van der Waals surface area contributed by atoms with Crippen molar-refractivity contribution in [1.82, 2.24) is 10.2 Å². The molecule has 0 atom stereocenters. The second-order valence-electron chi connectivity index (χ2n) is 5.38. The van der Waals surface area contributed by atoms with Crippen LogP contribution in [0, 0.1) is 3.57 Å². The summed E-state index contributed by atoms with van der Waals surface area (Å²) in [5.41, 5.74) is 0.675. The summed E-state index contributed by atoms with van der Waals surface area (Å²) in [7, 11) is 3.06. The van der Waals surface area contributed by atoms with Crippen molar-refractivity contribution in [3.63, 3.8) is 0 Å². The van der Waals surface area contributed by atoms with E-state index in [2.05, 4.69) is 27.9 Å². The van der Waals surface area contributed by atoms with Crippen molar-refractivity contribution in [3.8, 4) is 11.5 Å². The van der Waals surface area contributed by atoms with Crippen LogP contribution in [-0.4, -0.2) is 42.1 Å². The Labute approximate surface area is 159 Å². The maximum absolute atomic E-state index is 12.3. The molecule has 1 fully saturated rings. The van der Waals surface area contributed by atoms with Crippen molar-refractivity contribution in [1.29, 1.82) is 0 Å². The molecule has 1 aromatic carbocycles. The summed E-state index contributed by atoms with van der Waals surface area (Å²) < 4.78 is 12.0. The SMILES string of the molecule is COc1cc(/C=C2\C(=O)NC(=S)N(C)C2=O)cc(I)c1OC(C)C.